The van der Waals surface area contributed by atoms with Crippen LogP contribution in [0.3, 0.4) is 0 Å². The van der Waals surface area contributed by atoms with E-state index in [0.717, 1.165) is 12.0 Å². The zero-order valence-corrected chi connectivity index (χ0v) is 13.3. The van der Waals surface area contributed by atoms with Crippen LogP contribution in [0.25, 0.3) is 0 Å². The molecule has 0 spiro atoms. The summed E-state index contributed by atoms with van der Waals surface area (Å²) in [5, 5.41) is 3.69. The average molecular weight is 308 g/mol. The van der Waals surface area contributed by atoms with E-state index in [1.54, 1.807) is 13.8 Å². The van der Waals surface area contributed by atoms with E-state index in [1.165, 1.54) is 0 Å². The number of aryl methyl sites for hydroxylation is 2. The minimum atomic E-state index is -3.60. The van der Waals surface area contributed by atoms with Crippen molar-refractivity contribution in [2.75, 3.05) is 6.54 Å². The predicted molar refractivity (Wildman–Crippen MR) is 80.6 cm³/mol. The predicted octanol–water partition coefficient (Wildman–Crippen LogP) is 2.76. The smallest absolute Gasteiger partial charge is 0.245 e. The van der Waals surface area contributed by atoms with Gasteiger partial charge in [-0.3, -0.25) is 0 Å². The van der Waals surface area contributed by atoms with Crippen LogP contribution in [0.2, 0.25) is 0 Å². The monoisotopic (exact) mass is 308 g/mol. The SMILES string of the molecule is CC[C@H](CNS(=O)(=O)c1c(C)noc1C)c1ccccc1. The number of nitrogens with zero attached hydrogens (tertiary/aromatic N) is 1. The van der Waals surface area contributed by atoms with Gasteiger partial charge in [0.15, 0.2) is 5.76 Å². The molecule has 2 rings (SSSR count). The quantitative estimate of drug-likeness (QED) is 0.890. The van der Waals surface area contributed by atoms with E-state index in [-0.39, 0.29) is 10.8 Å². The van der Waals surface area contributed by atoms with Crippen LogP contribution >= 0.6 is 0 Å². The second kappa shape index (κ2) is 6.41. The fourth-order valence-corrected chi connectivity index (χ4v) is 3.77. The zero-order chi connectivity index (χ0) is 15.5. The number of aromatic nitrogens is 1. The lowest BCUT2D eigenvalue weighted by Gasteiger charge is -2.16. The van der Waals surface area contributed by atoms with Crippen LogP contribution in [0.4, 0.5) is 0 Å². The van der Waals surface area contributed by atoms with Gasteiger partial charge in [0.1, 0.15) is 10.6 Å². The molecule has 0 aliphatic heterocycles. The summed E-state index contributed by atoms with van der Waals surface area (Å²) in [7, 11) is -3.60. The number of nitrogens with one attached hydrogen (secondary N) is 1. The zero-order valence-electron chi connectivity index (χ0n) is 12.5. The Kier molecular flexibility index (Phi) is 4.80. The summed E-state index contributed by atoms with van der Waals surface area (Å²) in [5.41, 5.74) is 1.51. The summed E-state index contributed by atoms with van der Waals surface area (Å²) in [6.07, 6.45) is 0.855. The van der Waals surface area contributed by atoms with Crippen LogP contribution in [-0.2, 0) is 10.0 Å². The summed E-state index contributed by atoms with van der Waals surface area (Å²) in [6, 6.07) is 9.89. The second-order valence-corrected chi connectivity index (χ2v) is 6.72. The number of hydrogen-bond donors (Lipinski definition) is 1. The van der Waals surface area contributed by atoms with Gasteiger partial charge in [0, 0.05) is 6.54 Å². The molecule has 0 bridgehead atoms. The fraction of sp³-hybridized carbons (Fsp3) is 0.400. The van der Waals surface area contributed by atoms with E-state index in [9.17, 15) is 8.42 Å². The Hall–Kier alpha value is -1.66. The maximum absolute atomic E-state index is 12.4. The molecule has 0 saturated carbocycles. The Morgan fingerprint density at radius 1 is 1.24 bits per heavy atom. The summed E-state index contributed by atoms with van der Waals surface area (Å²) in [6.45, 7) is 5.62. The first kappa shape index (κ1) is 15.7. The summed E-state index contributed by atoms with van der Waals surface area (Å²) in [4.78, 5) is 0.144. The molecule has 1 aromatic heterocycles. The molecule has 0 aliphatic rings. The first-order chi connectivity index (χ1) is 9.95. The van der Waals surface area contributed by atoms with Gasteiger partial charge in [0.05, 0.1) is 0 Å². The Labute approximate surface area is 125 Å². The summed E-state index contributed by atoms with van der Waals surface area (Å²) >= 11 is 0. The van der Waals surface area contributed by atoms with E-state index in [2.05, 4.69) is 9.88 Å². The summed E-state index contributed by atoms with van der Waals surface area (Å²) in [5.74, 6) is 0.453. The van der Waals surface area contributed by atoms with Crippen LogP contribution < -0.4 is 4.72 Å². The molecule has 6 heteroatoms. The maximum Gasteiger partial charge on any atom is 0.245 e. The van der Waals surface area contributed by atoms with Gasteiger partial charge in [0.25, 0.3) is 0 Å². The first-order valence-corrected chi connectivity index (χ1v) is 8.41. The molecule has 0 saturated heterocycles. The van der Waals surface area contributed by atoms with Gasteiger partial charge < -0.3 is 4.52 Å². The van der Waals surface area contributed by atoms with Crippen molar-refractivity contribution >= 4 is 10.0 Å². The highest BCUT2D eigenvalue weighted by molar-refractivity contribution is 7.89. The topological polar surface area (TPSA) is 72.2 Å². The number of benzene rings is 1. The van der Waals surface area contributed by atoms with E-state index in [4.69, 9.17) is 4.52 Å². The molecule has 0 radical (unpaired) electrons. The molecule has 1 heterocycles. The van der Waals surface area contributed by atoms with Crippen LogP contribution in [0.5, 0.6) is 0 Å². The highest BCUT2D eigenvalue weighted by Crippen LogP contribution is 2.21. The van der Waals surface area contributed by atoms with E-state index in [1.807, 2.05) is 37.3 Å². The van der Waals surface area contributed by atoms with Gasteiger partial charge in [-0.25, -0.2) is 13.1 Å². The van der Waals surface area contributed by atoms with Crippen molar-refractivity contribution in [1.82, 2.24) is 9.88 Å². The molecule has 1 aromatic carbocycles. The normalized spacial score (nSPS) is 13.3. The van der Waals surface area contributed by atoms with Crippen LogP contribution in [0.1, 0.15) is 36.3 Å². The standard InChI is InChI=1S/C15H20N2O3S/c1-4-13(14-8-6-5-7-9-14)10-16-21(18,19)15-11(2)17-20-12(15)3/h5-9,13,16H,4,10H2,1-3H3/t13-/m1/s1. The first-order valence-electron chi connectivity index (χ1n) is 6.93. The van der Waals surface area contributed by atoms with Gasteiger partial charge >= 0.3 is 0 Å². The molecule has 114 valence electrons. The Balaban J connectivity index is 2.15. The third-order valence-corrected chi connectivity index (χ3v) is 5.19. The van der Waals surface area contributed by atoms with Crippen molar-refractivity contribution in [2.45, 2.75) is 38.0 Å². The molecule has 1 atom stereocenters. The van der Waals surface area contributed by atoms with Crippen molar-refractivity contribution in [1.29, 1.82) is 0 Å². The fourth-order valence-electron chi connectivity index (χ4n) is 2.36. The third-order valence-electron chi connectivity index (χ3n) is 3.52. The van der Waals surface area contributed by atoms with Gasteiger partial charge in [0.2, 0.25) is 10.0 Å². The van der Waals surface area contributed by atoms with E-state index in [0.29, 0.717) is 18.0 Å². The Morgan fingerprint density at radius 3 is 2.43 bits per heavy atom. The molecular formula is C15H20N2O3S. The van der Waals surface area contributed by atoms with Crippen molar-refractivity contribution in [3.05, 3.63) is 47.3 Å². The molecule has 0 amide bonds. The molecular weight excluding hydrogens is 288 g/mol. The van der Waals surface area contributed by atoms with E-state index >= 15 is 0 Å². The minimum absolute atomic E-state index is 0.140. The molecule has 0 fully saturated rings. The van der Waals surface area contributed by atoms with Crippen molar-refractivity contribution < 1.29 is 12.9 Å². The number of sulfonamides is 1. The molecule has 1 N–H and O–H groups in total. The molecule has 0 aliphatic carbocycles. The summed E-state index contributed by atoms with van der Waals surface area (Å²) < 4.78 is 32.3. The van der Waals surface area contributed by atoms with Crippen molar-refractivity contribution in [3.63, 3.8) is 0 Å². The van der Waals surface area contributed by atoms with Crippen LogP contribution in [0.15, 0.2) is 39.8 Å². The maximum atomic E-state index is 12.4. The highest BCUT2D eigenvalue weighted by Gasteiger charge is 2.24. The third kappa shape index (κ3) is 3.51. The van der Waals surface area contributed by atoms with Gasteiger partial charge in [-0.2, -0.15) is 0 Å². The number of hydrogen-bond acceptors (Lipinski definition) is 4. The minimum Gasteiger partial charge on any atom is -0.360 e. The lowest BCUT2D eigenvalue weighted by Crippen LogP contribution is -2.29. The Morgan fingerprint density at radius 2 is 1.90 bits per heavy atom. The lowest BCUT2D eigenvalue weighted by atomic mass is 9.97. The molecule has 5 nitrogen and oxygen atoms in total. The van der Waals surface area contributed by atoms with Gasteiger partial charge in [-0.1, -0.05) is 42.4 Å². The van der Waals surface area contributed by atoms with Crippen molar-refractivity contribution in [3.8, 4) is 0 Å². The van der Waals surface area contributed by atoms with Crippen molar-refractivity contribution in [2.24, 2.45) is 0 Å². The average Bonchev–Trinajstić information content (AvgIpc) is 2.80. The van der Waals surface area contributed by atoms with Crippen LogP contribution in [0, 0.1) is 13.8 Å². The van der Waals surface area contributed by atoms with E-state index < -0.39 is 10.0 Å². The largest absolute Gasteiger partial charge is 0.360 e. The Bertz CT molecular complexity index is 673. The second-order valence-electron chi connectivity index (χ2n) is 5.02. The van der Waals surface area contributed by atoms with Crippen LogP contribution in [-0.4, -0.2) is 20.1 Å². The molecule has 2 aromatic rings. The molecule has 0 unspecified atom stereocenters. The lowest BCUT2D eigenvalue weighted by molar-refractivity contribution is 0.390. The highest BCUT2D eigenvalue weighted by atomic mass is 32.2. The van der Waals surface area contributed by atoms with Gasteiger partial charge in [-0.15, -0.1) is 0 Å². The molecule has 21 heavy (non-hydrogen) atoms. The number of rotatable bonds is 6. The van der Waals surface area contributed by atoms with Gasteiger partial charge in [-0.05, 0) is 31.7 Å².